The van der Waals surface area contributed by atoms with Crippen molar-refractivity contribution in [2.24, 2.45) is 5.92 Å². The lowest BCUT2D eigenvalue weighted by Gasteiger charge is -2.19. The second kappa shape index (κ2) is 8.42. The van der Waals surface area contributed by atoms with Crippen molar-refractivity contribution in [3.8, 4) is 5.75 Å². The Morgan fingerprint density at radius 2 is 2.15 bits per heavy atom. The quantitative estimate of drug-likeness (QED) is 0.584. The lowest BCUT2D eigenvalue weighted by atomic mass is 10.2. The molecule has 3 aromatic rings. The molecule has 3 nitrogen and oxygen atoms in total. The van der Waals surface area contributed by atoms with E-state index in [2.05, 4.69) is 59.7 Å². The fourth-order valence-electron chi connectivity index (χ4n) is 3.07. The number of ether oxygens (including phenoxy) is 1. The van der Waals surface area contributed by atoms with E-state index >= 15 is 0 Å². The maximum absolute atomic E-state index is 5.97. The Morgan fingerprint density at radius 1 is 1.23 bits per heavy atom. The molecule has 0 saturated heterocycles. The number of fused-ring (bicyclic) bond motifs is 2. The van der Waals surface area contributed by atoms with Crippen molar-refractivity contribution < 1.29 is 4.74 Å². The van der Waals surface area contributed by atoms with Crippen molar-refractivity contribution in [2.45, 2.75) is 22.8 Å². The van der Waals surface area contributed by atoms with Gasteiger partial charge in [0.2, 0.25) is 0 Å². The first-order chi connectivity index (χ1) is 12.8. The van der Waals surface area contributed by atoms with E-state index in [9.17, 15) is 0 Å². The number of thioether (sulfide) groups is 2. The smallest absolute Gasteiger partial charge is 0.132 e. The van der Waals surface area contributed by atoms with Crippen LogP contribution in [0.1, 0.15) is 6.92 Å². The van der Waals surface area contributed by atoms with Crippen molar-refractivity contribution in [3.05, 3.63) is 54.7 Å². The second-order valence-electron chi connectivity index (χ2n) is 6.79. The molecule has 4 rings (SSSR count). The van der Waals surface area contributed by atoms with Crippen LogP contribution in [0.25, 0.3) is 10.9 Å². The van der Waals surface area contributed by atoms with E-state index in [1.807, 2.05) is 35.8 Å². The summed E-state index contributed by atoms with van der Waals surface area (Å²) in [5, 5.41) is 4.98. The zero-order valence-electron chi connectivity index (χ0n) is 14.9. The highest BCUT2D eigenvalue weighted by Gasteiger charge is 2.17. The van der Waals surface area contributed by atoms with E-state index in [1.54, 1.807) is 0 Å². The predicted molar refractivity (Wildman–Crippen MR) is 113 cm³/mol. The number of rotatable bonds is 6. The minimum Gasteiger partial charge on any atom is -0.491 e. The van der Waals surface area contributed by atoms with E-state index in [0.29, 0.717) is 12.0 Å². The highest BCUT2D eigenvalue weighted by molar-refractivity contribution is 7.99. The van der Waals surface area contributed by atoms with E-state index in [4.69, 9.17) is 4.74 Å². The van der Waals surface area contributed by atoms with Gasteiger partial charge in [0.25, 0.3) is 0 Å². The largest absolute Gasteiger partial charge is 0.491 e. The van der Waals surface area contributed by atoms with Crippen molar-refractivity contribution in [1.29, 1.82) is 0 Å². The van der Waals surface area contributed by atoms with E-state index in [-0.39, 0.29) is 0 Å². The monoisotopic (exact) mass is 384 g/mol. The molecule has 26 heavy (non-hydrogen) atoms. The number of hydrogen-bond donors (Lipinski definition) is 2. The summed E-state index contributed by atoms with van der Waals surface area (Å²) in [6.07, 6.45) is 2.02. The molecule has 1 aliphatic heterocycles. The standard InChI is InChI=1S/C21H24N2OS2/c1-15(13-25-20-8-4-5-16-9-10-22-21(16)20)11-23-17-12-24-18-6-2-3-7-19(18)26-14-17/h2-10,15,17,22-23H,11-14H2,1H3/t15-,17+/m0/s1. The molecule has 0 amide bonds. The molecule has 0 unspecified atom stereocenters. The Bertz CT molecular complexity index is 837. The Morgan fingerprint density at radius 3 is 3.12 bits per heavy atom. The van der Waals surface area contributed by atoms with Gasteiger partial charge >= 0.3 is 0 Å². The average Bonchev–Trinajstić information content (AvgIpc) is 3.06. The fourth-order valence-corrected chi connectivity index (χ4v) is 5.19. The normalized spacial score (nSPS) is 18.1. The van der Waals surface area contributed by atoms with Crippen LogP contribution in [0.15, 0.2) is 64.5 Å². The highest BCUT2D eigenvalue weighted by Crippen LogP contribution is 2.32. The highest BCUT2D eigenvalue weighted by atomic mass is 32.2. The third kappa shape index (κ3) is 4.22. The summed E-state index contributed by atoms with van der Waals surface area (Å²) in [6, 6.07) is 17.3. The van der Waals surface area contributed by atoms with Gasteiger partial charge in [-0.25, -0.2) is 0 Å². The van der Waals surface area contributed by atoms with Crippen LogP contribution in [0.5, 0.6) is 5.75 Å². The summed E-state index contributed by atoms with van der Waals surface area (Å²) in [6.45, 7) is 4.07. The van der Waals surface area contributed by atoms with Gasteiger partial charge in [0.15, 0.2) is 0 Å². The van der Waals surface area contributed by atoms with Crippen LogP contribution in [0.3, 0.4) is 0 Å². The van der Waals surface area contributed by atoms with E-state index in [0.717, 1.165) is 30.4 Å². The Hall–Kier alpha value is -1.56. The minimum atomic E-state index is 0.395. The molecule has 2 aromatic carbocycles. The number of nitrogens with one attached hydrogen (secondary N) is 2. The molecule has 1 aliphatic rings. The summed E-state index contributed by atoms with van der Waals surface area (Å²) < 4.78 is 5.97. The van der Waals surface area contributed by atoms with Gasteiger partial charge in [-0.1, -0.05) is 31.2 Å². The molecule has 136 valence electrons. The fraction of sp³-hybridized carbons (Fsp3) is 0.333. The summed E-state index contributed by atoms with van der Waals surface area (Å²) >= 11 is 3.82. The van der Waals surface area contributed by atoms with Crippen molar-refractivity contribution in [2.75, 3.05) is 24.7 Å². The molecule has 1 aromatic heterocycles. The molecular formula is C21H24N2OS2. The van der Waals surface area contributed by atoms with Crippen LogP contribution in [0, 0.1) is 5.92 Å². The average molecular weight is 385 g/mol. The van der Waals surface area contributed by atoms with Crippen LogP contribution < -0.4 is 10.1 Å². The van der Waals surface area contributed by atoms with Gasteiger partial charge in [-0.2, -0.15) is 0 Å². The summed E-state index contributed by atoms with van der Waals surface area (Å²) in [4.78, 5) is 5.94. The number of para-hydroxylation sites is 2. The molecule has 2 heterocycles. The molecule has 2 atom stereocenters. The van der Waals surface area contributed by atoms with Crippen LogP contribution in [0.2, 0.25) is 0 Å². The molecule has 0 spiro atoms. The minimum absolute atomic E-state index is 0.395. The first-order valence-corrected chi connectivity index (χ1v) is 11.0. The van der Waals surface area contributed by atoms with Gasteiger partial charge in [0.05, 0.1) is 11.6 Å². The van der Waals surface area contributed by atoms with Gasteiger partial charge in [0.1, 0.15) is 12.4 Å². The zero-order chi connectivity index (χ0) is 17.8. The van der Waals surface area contributed by atoms with Gasteiger partial charge < -0.3 is 15.0 Å². The Labute approximate surface area is 163 Å². The lowest BCUT2D eigenvalue weighted by Crippen LogP contribution is -2.39. The van der Waals surface area contributed by atoms with Gasteiger partial charge in [-0.3, -0.25) is 0 Å². The summed E-state index contributed by atoms with van der Waals surface area (Å²) in [5.41, 5.74) is 1.25. The molecule has 2 N–H and O–H groups in total. The van der Waals surface area contributed by atoms with Crippen LogP contribution in [-0.2, 0) is 0 Å². The molecular weight excluding hydrogens is 360 g/mol. The van der Waals surface area contributed by atoms with Crippen molar-refractivity contribution in [3.63, 3.8) is 0 Å². The first kappa shape index (κ1) is 17.8. The second-order valence-corrected chi connectivity index (χ2v) is 8.91. The number of hydrogen-bond acceptors (Lipinski definition) is 4. The topological polar surface area (TPSA) is 37.0 Å². The molecule has 0 saturated carbocycles. The summed E-state index contributed by atoms with van der Waals surface area (Å²) in [5.74, 6) is 3.77. The molecule has 0 radical (unpaired) electrons. The molecule has 0 fully saturated rings. The van der Waals surface area contributed by atoms with Crippen molar-refractivity contribution in [1.82, 2.24) is 10.3 Å². The third-order valence-corrected chi connectivity index (χ3v) is 7.16. The van der Waals surface area contributed by atoms with Gasteiger partial charge in [-0.15, -0.1) is 23.5 Å². The predicted octanol–water partition coefficient (Wildman–Crippen LogP) is 5.04. The first-order valence-electron chi connectivity index (χ1n) is 9.06. The molecule has 0 bridgehead atoms. The number of aromatic nitrogens is 1. The lowest BCUT2D eigenvalue weighted by molar-refractivity contribution is 0.270. The third-order valence-electron chi connectivity index (χ3n) is 4.56. The number of benzene rings is 2. The van der Waals surface area contributed by atoms with Crippen LogP contribution in [-0.4, -0.2) is 35.7 Å². The maximum Gasteiger partial charge on any atom is 0.132 e. The SMILES string of the molecule is C[C@@H](CN[C@@H]1COc2ccccc2SC1)CSc1cccc2cc[nH]c12. The van der Waals surface area contributed by atoms with Crippen LogP contribution in [0.4, 0.5) is 0 Å². The van der Waals surface area contributed by atoms with Gasteiger partial charge in [-0.05, 0) is 36.7 Å². The molecule has 0 aliphatic carbocycles. The zero-order valence-corrected chi connectivity index (χ0v) is 16.5. The number of H-pyrrole nitrogens is 1. The van der Waals surface area contributed by atoms with Crippen molar-refractivity contribution >= 4 is 34.4 Å². The van der Waals surface area contributed by atoms with E-state index in [1.165, 1.54) is 20.7 Å². The maximum atomic E-state index is 5.97. The van der Waals surface area contributed by atoms with E-state index < -0.39 is 0 Å². The Balaban J connectivity index is 1.25. The Kier molecular flexibility index (Phi) is 5.78. The summed E-state index contributed by atoms with van der Waals surface area (Å²) in [7, 11) is 0. The number of aromatic amines is 1. The van der Waals surface area contributed by atoms with Gasteiger partial charge in [0, 0.05) is 32.9 Å². The molecule has 5 heteroatoms. The van der Waals surface area contributed by atoms with Crippen LogP contribution >= 0.6 is 23.5 Å².